The molecule has 2 aromatic carbocycles. The highest BCUT2D eigenvalue weighted by Crippen LogP contribution is 2.49. The van der Waals surface area contributed by atoms with Gasteiger partial charge in [-0.15, -0.1) is 0 Å². The van der Waals surface area contributed by atoms with Gasteiger partial charge >= 0.3 is 0 Å². The second-order valence-corrected chi connectivity index (χ2v) is 7.84. The van der Waals surface area contributed by atoms with Crippen LogP contribution in [0.1, 0.15) is 41.8 Å². The zero-order chi connectivity index (χ0) is 19.3. The molecule has 1 amide bonds. The number of phenols is 1. The quantitative estimate of drug-likeness (QED) is 0.649. The van der Waals surface area contributed by atoms with E-state index in [4.69, 9.17) is 0 Å². The number of amides is 1. The number of hydrogen-bond donors (Lipinski definition) is 1. The van der Waals surface area contributed by atoms with E-state index in [-0.39, 0.29) is 40.3 Å². The van der Waals surface area contributed by atoms with Crippen LogP contribution in [0.25, 0.3) is 0 Å². The van der Waals surface area contributed by atoms with Crippen molar-refractivity contribution in [2.24, 2.45) is 5.92 Å². The Balaban J connectivity index is 1.74. The summed E-state index contributed by atoms with van der Waals surface area (Å²) in [4.78, 5) is 25.9. The maximum Gasteiger partial charge on any atom is 0.282 e. The molecule has 2 aromatic rings. The molecule has 1 saturated heterocycles. The molecule has 1 heterocycles. The molecule has 0 radical (unpaired) electrons. The number of piperidine rings is 1. The maximum atomic E-state index is 13.2. The van der Waals surface area contributed by atoms with Crippen LogP contribution in [0, 0.1) is 16.0 Å². The lowest BCUT2D eigenvalue weighted by molar-refractivity contribution is -0.385. The summed E-state index contributed by atoms with van der Waals surface area (Å²) in [6, 6.07) is 11.6. The van der Waals surface area contributed by atoms with Crippen LogP contribution in [0.5, 0.6) is 5.75 Å². The highest BCUT2D eigenvalue weighted by molar-refractivity contribution is 5.98. The first kappa shape index (κ1) is 17.5. The van der Waals surface area contributed by atoms with E-state index in [0.29, 0.717) is 13.0 Å². The summed E-state index contributed by atoms with van der Waals surface area (Å²) in [5, 5.41) is 21.3. The molecule has 1 N–H and O–H groups in total. The molecule has 6 heteroatoms. The van der Waals surface area contributed by atoms with Crippen LogP contribution < -0.4 is 0 Å². The molecule has 0 spiro atoms. The van der Waals surface area contributed by atoms with Gasteiger partial charge in [0.15, 0.2) is 0 Å². The minimum absolute atomic E-state index is 0.0203. The van der Waals surface area contributed by atoms with Gasteiger partial charge in [-0.3, -0.25) is 14.9 Å². The van der Waals surface area contributed by atoms with Crippen molar-refractivity contribution in [2.75, 3.05) is 6.54 Å². The Morgan fingerprint density at radius 2 is 2.04 bits per heavy atom. The summed E-state index contributed by atoms with van der Waals surface area (Å²) in [7, 11) is 0. The van der Waals surface area contributed by atoms with Crippen LogP contribution in [0.4, 0.5) is 5.69 Å². The average Bonchev–Trinajstić information content (AvgIpc) is 2.65. The molecule has 2 aliphatic rings. The number of rotatable bonds is 2. The summed E-state index contributed by atoms with van der Waals surface area (Å²) < 4.78 is 0. The van der Waals surface area contributed by atoms with Crippen molar-refractivity contribution < 1.29 is 14.8 Å². The minimum Gasteiger partial charge on any atom is -0.508 e. The summed E-state index contributed by atoms with van der Waals surface area (Å²) >= 11 is 0. The lowest BCUT2D eigenvalue weighted by atomic mass is 9.59. The first-order valence-corrected chi connectivity index (χ1v) is 9.19. The molecule has 4 rings (SSSR count). The molecule has 1 fully saturated rings. The fourth-order valence-electron chi connectivity index (χ4n) is 4.83. The number of para-hydroxylation sites is 1. The topological polar surface area (TPSA) is 83.7 Å². The van der Waals surface area contributed by atoms with Crippen LogP contribution in [0.2, 0.25) is 0 Å². The summed E-state index contributed by atoms with van der Waals surface area (Å²) in [6.07, 6.45) is 1.45. The van der Waals surface area contributed by atoms with E-state index in [1.54, 1.807) is 18.2 Å². The molecule has 0 unspecified atom stereocenters. The van der Waals surface area contributed by atoms with Gasteiger partial charge in [0, 0.05) is 18.7 Å². The first-order valence-electron chi connectivity index (χ1n) is 9.19. The zero-order valence-electron chi connectivity index (χ0n) is 15.4. The van der Waals surface area contributed by atoms with E-state index in [1.807, 2.05) is 17.0 Å². The van der Waals surface area contributed by atoms with Gasteiger partial charge in [-0.1, -0.05) is 32.0 Å². The maximum absolute atomic E-state index is 13.2. The van der Waals surface area contributed by atoms with Crippen LogP contribution in [0.15, 0.2) is 42.5 Å². The predicted octanol–water partition coefficient (Wildman–Crippen LogP) is 3.67. The van der Waals surface area contributed by atoms with E-state index in [0.717, 1.165) is 17.5 Å². The Bertz CT molecular complexity index is 942. The van der Waals surface area contributed by atoms with Crippen molar-refractivity contribution >= 4 is 11.6 Å². The summed E-state index contributed by atoms with van der Waals surface area (Å²) in [5.41, 5.74) is 2.16. The van der Waals surface area contributed by atoms with Crippen LogP contribution in [-0.2, 0) is 11.8 Å². The molecule has 140 valence electrons. The summed E-state index contributed by atoms with van der Waals surface area (Å²) in [6.45, 7) is 4.87. The number of phenolic OH excluding ortho intramolecular Hbond substituents is 1. The fraction of sp³-hybridized carbons (Fsp3) is 0.381. The Kier molecular flexibility index (Phi) is 3.94. The molecule has 6 nitrogen and oxygen atoms in total. The third-order valence-corrected chi connectivity index (χ3v) is 6.58. The molecule has 27 heavy (non-hydrogen) atoms. The normalized spacial score (nSPS) is 26.4. The molecule has 1 aliphatic heterocycles. The van der Waals surface area contributed by atoms with Crippen molar-refractivity contribution in [1.82, 2.24) is 4.90 Å². The molecule has 0 saturated carbocycles. The third-order valence-electron chi connectivity index (χ3n) is 6.58. The molecule has 0 aromatic heterocycles. The second-order valence-electron chi connectivity index (χ2n) is 7.84. The molecule has 1 aliphatic carbocycles. The Morgan fingerprint density at radius 3 is 2.78 bits per heavy atom. The fourth-order valence-corrected chi connectivity index (χ4v) is 4.83. The van der Waals surface area contributed by atoms with E-state index < -0.39 is 4.92 Å². The van der Waals surface area contributed by atoms with E-state index >= 15 is 0 Å². The van der Waals surface area contributed by atoms with E-state index in [2.05, 4.69) is 13.8 Å². The van der Waals surface area contributed by atoms with Gasteiger partial charge in [0.2, 0.25) is 0 Å². The predicted molar refractivity (Wildman–Crippen MR) is 101 cm³/mol. The largest absolute Gasteiger partial charge is 0.508 e. The van der Waals surface area contributed by atoms with Gasteiger partial charge in [-0.2, -0.15) is 0 Å². The number of carbonyl (C=O) groups is 1. The number of nitro groups is 1. The lowest BCUT2D eigenvalue weighted by Crippen LogP contribution is -2.59. The Hall–Kier alpha value is -2.89. The smallest absolute Gasteiger partial charge is 0.282 e. The number of nitro benzene ring substituents is 1. The Morgan fingerprint density at radius 1 is 1.30 bits per heavy atom. The van der Waals surface area contributed by atoms with Crippen LogP contribution in [0.3, 0.4) is 0 Å². The SMILES string of the molecule is C[C@H]1[C@H]2Cc3ccc(O)cc3[C@]1(C)CCN2C(=O)c1ccccc1[N+](=O)[O-]. The molecular formula is C21H22N2O4. The van der Waals surface area contributed by atoms with Crippen LogP contribution in [-0.4, -0.2) is 33.4 Å². The van der Waals surface area contributed by atoms with Crippen LogP contribution >= 0.6 is 0 Å². The van der Waals surface area contributed by atoms with Crippen molar-refractivity contribution in [3.8, 4) is 5.75 Å². The monoisotopic (exact) mass is 366 g/mol. The van der Waals surface area contributed by atoms with Gasteiger partial charge in [0.25, 0.3) is 11.6 Å². The van der Waals surface area contributed by atoms with Crippen molar-refractivity contribution in [1.29, 1.82) is 0 Å². The van der Waals surface area contributed by atoms with Gasteiger partial charge in [0.05, 0.1) is 4.92 Å². The van der Waals surface area contributed by atoms with Crippen molar-refractivity contribution in [3.05, 3.63) is 69.3 Å². The van der Waals surface area contributed by atoms with Gasteiger partial charge in [-0.05, 0) is 53.5 Å². The molecule has 2 bridgehead atoms. The summed E-state index contributed by atoms with van der Waals surface area (Å²) in [5.74, 6) is 0.176. The number of fused-ring (bicyclic) bond motifs is 4. The van der Waals surface area contributed by atoms with Gasteiger partial charge in [0.1, 0.15) is 11.3 Å². The van der Waals surface area contributed by atoms with E-state index in [1.165, 1.54) is 12.1 Å². The van der Waals surface area contributed by atoms with E-state index in [9.17, 15) is 20.0 Å². The number of nitrogens with zero attached hydrogens (tertiary/aromatic N) is 2. The average molecular weight is 366 g/mol. The lowest BCUT2D eigenvalue weighted by Gasteiger charge is -2.54. The van der Waals surface area contributed by atoms with Gasteiger partial charge in [-0.25, -0.2) is 0 Å². The standard InChI is InChI=1S/C21H22N2O4/c1-13-19-11-14-7-8-15(24)12-17(14)21(13,2)9-10-22(19)20(25)16-5-3-4-6-18(16)23(26)27/h3-8,12-13,19,24H,9-11H2,1-2H3/t13-,19+,21+/m0/s1. The number of hydrogen-bond acceptors (Lipinski definition) is 4. The van der Waals surface area contributed by atoms with Gasteiger partial charge < -0.3 is 10.0 Å². The highest BCUT2D eigenvalue weighted by Gasteiger charge is 2.50. The first-order chi connectivity index (χ1) is 12.8. The number of carbonyl (C=O) groups excluding carboxylic acids is 1. The molecule has 3 atom stereocenters. The highest BCUT2D eigenvalue weighted by atomic mass is 16.6. The number of aromatic hydroxyl groups is 1. The second kappa shape index (κ2) is 6.08. The number of benzene rings is 2. The van der Waals surface area contributed by atoms with Crippen molar-refractivity contribution in [2.45, 2.75) is 38.1 Å². The third kappa shape index (κ3) is 2.59. The number of likely N-dealkylation sites (tertiary alicyclic amines) is 1. The van der Waals surface area contributed by atoms with Crippen molar-refractivity contribution in [3.63, 3.8) is 0 Å². The Labute approximate surface area is 157 Å². The molecular weight excluding hydrogens is 344 g/mol. The minimum atomic E-state index is -0.496. The zero-order valence-corrected chi connectivity index (χ0v) is 15.4.